The monoisotopic (exact) mass is 324 g/mol. The van der Waals surface area contributed by atoms with E-state index in [1.807, 2.05) is 6.92 Å². The van der Waals surface area contributed by atoms with Gasteiger partial charge in [-0.1, -0.05) is 42.5 Å². The van der Waals surface area contributed by atoms with Crippen LogP contribution in [0.15, 0.2) is 54.6 Å². The van der Waals surface area contributed by atoms with Crippen LogP contribution in [0.1, 0.15) is 36.8 Å². The number of benzene rings is 2. The topological polar surface area (TPSA) is 38.5 Å². The number of likely N-dealkylation sites (tertiary alicyclic amines) is 1. The first-order valence-electron chi connectivity index (χ1n) is 8.97. The first-order valence-corrected chi connectivity index (χ1v) is 8.97. The van der Waals surface area contributed by atoms with Crippen molar-refractivity contribution in [3.63, 3.8) is 0 Å². The Bertz CT molecular complexity index is 603. The lowest BCUT2D eigenvalue weighted by Gasteiger charge is -2.32. The molecule has 2 N–H and O–H groups in total. The molecule has 0 bridgehead atoms. The van der Waals surface area contributed by atoms with Crippen LogP contribution in [0.3, 0.4) is 0 Å². The van der Waals surface area contributed by atoms with Gasteiger partial charge in [-0.3, -0.25) is 4.90 Å². The van der Waals surface area contributed by atoms with Crippen LogP contribution in [0.2, 0.25) is 0 Å². The molecule has 1 atom stereocenters. The maximum absolute atomic E-state index is 5.73. The molecule has 1 fully saturated rings. The lowest BCUT2D eigenvalue weighted by molar-refractivity contribution is 0.204. The summed E-state index contributed by atoms with van der Waals surface area (Å²) in [7, 11) is 0. The molecule has 0 saturated carbocycles. The highest BCUT2D eigenvalue weighted by Crippen LogP contribution is 2.28. The van der Waals surface area contributed by atoms with Crippen molar-refractivity contribution >= 4 is 0 Å². The number of ether oxygens (including phenoxy) is 1. The Morgan fingerprint density at radius 2 is 1.71 bits per heavy atom. The van der Waals surface area contributed by atoms with E-state index in [2.05, 4.69) is 59.5 Å². The van der Waals surface area contributed by atoms with Crippen molar-refractivity contribution in [1.29, 1.82) is 0 Å². The zero-order valence-electron chi connectivity index (χ0n) is 14.5. The van der Waals surface area contributed by atoms with E-state index in [0.29, 0.717) is 6.54 Å². The fourth-order valence-electron chi connectivity index (χ4n) is 3.36. The highest BCUT2D eigenvalue weighted by atomic mass is 16.5. The quantitative estimate of drug-likeness (QED) is 0.878. The average Bonchev–Trinajstić information content (AvgIpc) is 2.64. The second-order valence-electron chi connectivity index (χ2n) is 6.77. The molecule has 2 aromatic rings. The lowest BCUT2D eigenvalue weighted by Crippen LogP contribution is -2.32. The molecule has 1 saturated heterocycles. The standard InChI is InChI=1S/C21H28N2O/c1-17(15-22)24-21-9-7-18(8-10-21)16-23-13-11-20(12-14-23)19-5-3-2-4-6-19/h2-10,17,20H,11-16,22H2,1H3. The molecule has 3 rings (SSSR count). The molecule has 1 aliphatic heterocycles. The van der Waals surface area contributed by atoms with Gasteiger partial charge in [-0.15, -0.1) is 0 Å². The number of hydrogen-bond donors (Lipinski definition) is 1. The number of nitrogens with two attached hydrogens (primary N) is 1. The van der Waals surface area contributed by atoms with Gasteiger partial charge in [0.2, 0.25) is 0 Å². The summed E-state index contributed by atoms with van der Waals surface area (Å²) in [5.74, 6) is 1.62. The number of piperidine rings is 1. The van der Waals surface area contributed by atoms with Crippen LogP contribution in [-0.2, 0) is 6.54 Å². The van der Waals surface area contributed by atoms with Crippen molar-refractivity contribution in [1.82, 2.24) is 4.90 Å². The van der Waals surface area contributed by atoms with Crippen LogP contribution in [-0.4, -0.2) is 30.6 Å². The predicted molar refractivity (Wildman–Crippen MR) is 99.3 cm³/mol. The minimum absolute atomic E-state index is 0.0628. The molecular weight excluding hydrogens is 296 g/mol. The van der Waals surface area contributed by atoms with Gasteiger partial charge >= 0.3 is 0 Å². The zero-order chi connectivity index (χ0) is 16.8. The van der Waals surface area contributed by atoms with E-state index in [9.17, 15) is 0 Å². The van der Waals surface area contributed by atoms with Crippen molar-refractivity contribution < 1.29 is 4.74 Å². The third kappa shape index (κ3) is 4.59. The van der Waals surface area contributed by atoms with Crippen LogP contribution < -0.4 is 10.5 Å². The Balaban J connectivity index is 1.49. The summed E-state index contributed by atoms with van der Waals surface area (Å²) < 4.78 is 5.73. The van der Waals surface area contributed by atoms with Gasteiger partial charge in [0.05, 0.1) is 0 Å². The van der Waals surface area contributed by atoms with Crippen LogP contribution in [0.25, 0.3) is 0 Å². The SMILES string of the molecule is CC(CN)Oc1ccc(CN2CCC(c3ccccc3)CC2)cc1. The molecule has 24 heavy (non-hydrogen) atoms. The van der Waals surface area contributed by atoms with E-state index in [1.54, 1.807) is 0 Å². The van der Waals surface area contributed by atoms with Crippen molar-refractivity contribution in [2.75, 3.05) is 19.6 Å². The molecular formula is C21H28N2O. The third-order valence-corrected chi connectivity index (χ3v) is 4.86. The summed E-state index contributed by atoms with van der Waals surface area (Å²) in [6.45, 7) is 5.89. The van der Waals surface area contributed by atoms with Gasteiger partial charge in [-0.05, 0) is 62.0 Å². The minimum Gasteiger partial charge on any atom is -0.489 e. The van der Waals surface area contributed by atoms with Gasteiger partial charge in [0.1, 0.15) is 11.9 Å². The first-order chi connectivity index (χ1) is 11.7. The van der Waals surface area contributed by atoms with Crippen molar-refractivity contribution in [2.45, 2.75) is 38.3 Å². The van der Waals surface area contributed by atoms with Crippen molar-refractivity contribution in [3.05, 3.63) is 65.7 Å². The largest absolute Gasteiger partial charge is 0.489 e. The Morgan fingerprint density at radius 1 is 1.04 bits per heavy atom. The molecule has 1 unspecified atom stereocenters. The van der Waals surface area contributed by atoms with Gasteiger partial charge in [-0.25, -0.2) is 0 Å². The molecule has 2 aromatic carbocycles. The minimum atomic E-state index is 0.0628. The molecule has 0 spiro atoms. The van der Waals surface area contributed by atoms with Gasteiger partial charge < -0.3 is 10.5 Å². The summed E-state index contributed by atoms with van der Waals surface area (Å²) in [6, 6.07) is 19.4. The normalized spacial score (nSPS) is 17.6. The van der Waals surface area contributed by atoms with E-state index in [-0.39, 0.29) is 6.10 Å². The molecule has 1 aliphatic rings. The Labute approximate surface area is 145 Å². The van der Waals surface area contributed by atoms with Gasteiger partial charge in [0.25, 0.3) is 0 Å². The zero-order valence-corrected chi connectivity index (χ0v) is 14.5. The van der Waals surface area contributed by atoms with E-state index in [4.69, 9.17) is 10.5 Å². The molecule has 128 valence electrons. The number of nitrogens with zero attached hydrogens (tertiary/aromatic N) is 1. The molecule has 0 amide bonds. The number of hydrogen-bond acceptors (Lipinski definition) is 3. The Kier molecular flexibility index (Phi) is 5.89. The summed E-state index contributed by atoms with van der Waals surface area (Å²) in [4.78, 5) is 2.55. The molecule has 3 nitrogen and oxygen atoms in total. The smallest absolute Gasteiger partial charge is 0.119 e. The van der Waals surface area contributed by atoms with Crippen LogP contribution in [0.5, 0.6) is 5.75 Å². The van der Waals surface area contributed by atoms with E-state index in [1.165, 1.54) is 37.1 Å². The maximum Gasteiger partial charge on any atom is 0.119 e. The Hall–Kier alpha value is -1.84. The highest BCUT2D eigenvalue weighted by Gasteiger charge is 2.20. The van der Waals surface area contributed by atoms with E-state index < -0.39 is 0 Å². The summed E-state index contributed by atoms with van der Waals surface area (Å²) in [5, 5.41) is 0. The van der Waals surface area contributed by atoms with Gasteiger partial charge in [0, 0.05) is 13.1 Å². The third-order valence-electron chi connectivity index (χ3n) is 4.86. The van der Waals surface area contributed by atoms with Crippen LogP contribution >= 0.6 is 0 Å². The molecule has 0 radical (unpaired) electrons. The fraction of sp³-hybridized carbons (Fsp3) is 0.429. The first kappa shape index (κ1) is 17.0. The lowest BCUT2D eigenvalue weighted by atomic mass is 9.89. The number of rotatable bonds is 6. The van der Waals surface area contributed by atoms with Crippen LogP contribution in [0.4, 0.5) is 0 Å². The van der Waals surface area contributed by atoms with E-state index in [0.717, 1.165) is 18.2 Å². The van der Waals surface area contributed by atoms with E-state index >= 15 is 0 Å². The second kappa shape index (κ2) is 8.32. The second-order valence-corrected chi connectivity index (χ2v) is 6.77. The molecule has 3 heteroatoms. The highest BCUT2D eigenvalue weighted by molar-refractivity contribution is 5.27. The fourth-order valence-corrected chi connectivity index (χ4v) is 3.36. The molecule has 0 aliphatic carbocycles. The van der Waals surface area contributed by atoms with Crippen molar-refractivity contribution in [3.8, 4) is 5.75 Å². The summed E-state index contributed by atoms with van der Waals surface area (Å²) in [5.41, 5.74) is 8.44. The predicted octanol–water partition coefficient (Wildman–Crippen LogP) is 3.79. The van der Waals surface area contributed by atoms with Crippen LogP contribution in [0, 0.1) is 0 Å². The van der Waals surface area contributed by atoms with Crippen molar-refractivity contribution in [2.24, 2.45) is 5.73 Å². The maximum atomic E-state index is 5.73. The molecule has 0 aromatic heterocycles. The summed E-state index contributed by atoms with van der Waals surface area (Å²) >= 11 is 0. The van der Waals surface area contributed by atoms with Gasteiger partial charge in [0.15, 0.2) is 0 Å². The Morgan fingerprint density at radius 3 is 2.33 bits per heavy atom. The van der Waals surface area contributed by atoms with Gasteiger partial charge in [-0.2, -0.15) is 0 Å². The average molecular weight is 324 g/mol. The molecule has 1 heterocycles. The summed E-state index contributed by atoms with van der Waals surface area (Å²) in [6.07, 6.45) is 2.56.